The number of H-pyrrole nitrogens is 2. The Labute approximate surface area is 258 Å². The zero-order valence-corrected chi connectivity index (χ0v) is 25.5. The van der Waals surface area contributed by atoms with Gasteiger partial charge < -0.3 is 25.3 Å². The molecule has 0 aliphatic rings. The van der Waals surface area contributed by atoms with Crippen LogP contribution in [0.2, 0.25) is 0 Å². The zero-order chi connectivity index (χ0) is 27.0. The van der Waals surface area contributed by atoms with Crippen LogP contribution in [0.15, 0.2) is 93.2 Å². The maximum absolute atomic E-state index is 5.13. The fourth-order valence-electron chi connectivity index (χ4n) is 2.78. The van der Waals surface area contributed by atoms with Gasteiger partial charge in [-0.2, -0.15) is 30.6 Å². The van der Waals surface area contributed by atoms with Crippen molar-refractivity contribution in [2.45, 2.75) is 25.4 Å². The molecule has 0 aliphatic heterocycles. The second-order valence-corrected chi connectivity index (χ2v) is 10.9. The van der Waals surface area contributed by atoms with Gasteiger partial charge in [0, 0.05) is 22.9 Å². The van der Waals surface area contributed by atoms with Crippen LogP contribution in [0.25, 0.3) is 0 Å². The number of aromatic amines is 2. The van der Waals surface area contributed by atoms with Gasteiger partial charge in [0.25, 0.3) is 0 Å². The van der Waals surface area contributed by atoms with E-state index in [1.54, 1.807) is 12.4 Å². The summed E-state index contributed by atoms with van der Waals surface area (Å²) in [4.78, 5) is 0. The van der Waals surface area contributed by atoms with Crippen LogP contribution >= 0.6 is 23.5 Å². The van der Waals surface area contributed by atoms with Gasteiger partial charge in [0.1, 0.15) is 11.4 Å². The predicted molar refractivity (Wildman–Crippen MR) is 167 cm³/mol. The third-order valence-electron chi connectivity index (χ3n) is 4.52. The molecule has 0 saturated carbocycles. The van der Waals surface area contributed by atoms with Gasteiger partial charge in [-0.15, -0.1) is 23.5 Å². The molecule has 0 atom stereocenters. The summed E-state index contributed by atoms with van der Waals surface area (Å²) in [5.41, 5.74) is 5.91. The van der Waals surface area contributed by atoms with E-state index in [1.165, 1.54) is 34.7 Å². The average Bonchev–Trinajstić information content (AvgIpc) is 3.55. The number of aromatic nitrogens is 4. The first-order valence-corrected chi connectivity index (χ1v) is 14.2. The van der Waals surface area contributed by atoms with Crippen LogP contribution in [0, 0.1) is 13.8 Å². The third-order valence-corrected chi connectivity index (χ3v) is 7.00. The van der Waals surface area contributed by atoms with E-state index in [2.05, 4.69) is 65.1 Å². The van der Waals surface area contributed by atoms with Crippen LogP contribution in [-0.4, -0.2) is 41.6 Å². The van der Waals surface area contributed by atoms with Crippen molar-refractivity contribution in [2.24, 2.45) is 20.4 Å². The van der Waals surface area contributed by atoms with E-state index in [0.717, 1.165) is 34.3 Å². The summed E-state index contributed by atoms with van der Waals surface area (Å²) >= 11 is 13.2. The number of benzene rings is 2. The van der Waals surface area contributed by atoms with Crippen LogP contribution < -0.4 is 0 Å². The minimum absolute atomic E-state index is 0. The summed E-state index contributed by atoms with van der Waals surface area (Å²) in [6, 6.07) is 24.0. The molecule has 2 heterocycles. The van der Waals surface area contributed by atoms with E-state index >= 15 is 0 Å². The van der Waals surface area contributed by atoms with E-state index in [-0.39, 0.29) is 16.8 Å². The Kier molecular flexibility index (Phi) is 15.3. The summed E-state index contributed by atoms with van der Waals surface area (Å²) in [7, 11) is 0. The van der Waals surface area contributed by atoms with Crippen LogP contribution in [0.5, 0.6) is 0 Å². The molecule has 0 aliphatic carbocycles. The van der Waals surface area contributed by atoms with Gasteiger partial charge in [0.05, 0.1) is 12.4 Å². The predicted octanol–water partition coefficient (Wildman–Crippen LogP) is 5.77. The fraction of sp³-hybridized carbons (Fsp3) is 0.154. The molecule has 0 amide bonds. The van der Waals surface area contributed by atoms with Crippen molar-refractivity contribution in [3.05, 3.63) is 107 Å². The molecule has 4 aromatic rings. The van der Waals surface area contributed by atoms with Crippen molar-refractivity contribution in [1.82, 2.24) is 20.4 Å². The molecule has 8 nitrogen and oxygen atoms in total. The molecule has 13 heteroatoms. The molecular weight excluding hydrogens is 612 g/mol. The van der Waals surface area contributed by atoms with Gasteiger partial charge in [-0.1, -0.05) is 60.7 Å². The summed E-state index contributed by atoms with van der Waals surface area (Å²) in [5.74, 6) is 1.61. The number of rotatable bonds is 8. The van der Waals surface area contributed by atoms with Gasteiger partial charge in [0.15, 0.2) is 0 Å². The average molecular weight is 638 g/mol. The molecule has 39 heavy (non-hydrogen) atoms. The maximum Gasteiger partial charge on any atom is 3.00 e. The topological polar surface area (TPSA) is 107 Å². The van der Waals surface area contributed by atoms with E-state index in [0.29, 0.717) is 8.75 Å². The Balaban J connectivity index is 0.000000267. The Morgan fingerprint density at radius 1 is 0.718 bits per heavy atom. The smallest absolute Gasteiger partial charge is 0.752 e. The fourth-order valence-corrected chi connectivity index (χ4v) is 4.40. The summed E-state index contributed by atoms with van der Waals surface area (Å²) in [5, 5.41) is 29.5. The summed E-state index contributed by atoms with van der Waals surface area (Å²) < 4.78 is 1.04. The van der Waals surface area contributed by atoms with Gasteiger partial charge in [-0.3, -0.25) is 10.2 Å². The van der Waals surface area contributed by atoms with Crippen LogP contribution in [0.3, 0.4) is 0 Å². The normalized spacial score (nSPS) is 11.8. The molecule has 0 unspecified atom stereocenters. The van der Waals surface area contributed by atoms with Crippen molar-refractivity contribution in [1.29, 1.82) is 0 Å². The monoisotopic (exact) mass is 637 g/mol. The van der Waals surface area contributed by atoms with Crippen molar-refractivity contribution in [2.75, 3.05) is 0 Å². The van der Waals surface area contributed by atoms with E-state index in [1.807, 2.05) is 62.4 Å². The minimum atomic E-state index is 0. The van der Waals surface area contributed by atoms with E-state index in [9.17, 15) is 0 Å². The number of hydrogen-bond acceptors (Lipinski definition) is 10. The number of nitrogens with zero attached hydrogens (tertiary/aromatic N) is 6. The zero-order valence-electron chi connectivity index (χ0n) is 21.1. The third kappa shape index (κ3) is 13.7. The first-order valence-electron chi connectivity index (χ1n) is 11.4. The molecule has 0 fully saturated rings. The molecule has 0 radical (unpaired) electrons. The molecule has 202 valence electrons. The first kappa shape index (κ1) is 32.4. The van der Waals surface area contributed by atoms with Crippen molar-refractivity contribution < 1.29 is 16.8 Å². The Hall–Kier alpha value is -2.81. The Morgan fingerprint density at radius 3 is 1.44 bits per heavy atom. The molecule has 2 aromatic heterocycles. The van der Waals surface area contributed by atoms with E-state index in [4.69, 9.17) is 25.3 Å². The standard InChI is InChI=1S/2C13H14N4S2.Co/c2*1-10-7-12(16-15-10)8-14-17-13(18)19-9-11-5-3-2-4-6-11;/h2*2-8H,9H2,1H3,(H,15,16)(H,17,18);/q;;+3/p-2/b2*14-8+;. The molecule has 0 saturated heterocycles. The van der Waals surface area contributed by atoms with Gasteiger partial charge >= 0.3 is 16.8 Å². The van der Waals surface area contributed by atoms with Gasteiger partial charge in [-0.25, -0.2) is 0 Å². The Morgan fingerprint density at radius 2 is 1.10 bits per heavy atom. The van der Waals surface area contributed by atoms with Crippen molar-refractivity contribution >= 4 is 70.0 Å². The SMILES string of the molecule is Cc1cc(/C=N/N=C([S-])SCc2ccccc2)n[nH]1.Cc1cc(/C=N/N=C([S-])SCc2ccccc2)n[nH]1.[Co+3]. The van der Waals surface area contributed by atoms with E-state index < -0.39 is 0 Å². The molecule has 0 spiro atoms. The van der Waals surface area contributed by atoms with Crippen molar-refractivity contribution in [3.63, 3.8) is 0 Å². The Bertz CT molecular complexity index is 1260. The second-order valence-electron chi connectivity index (χ2n) is 7.72. The first-order chi connectivity index (χ1) is 18.5. The molecule has 2 aromatic carbocycles. The molecule has 0 bridgehead atoms. The van der Waals surface area contributed by atoms with Crippen LogP contribution in [0.4, 0.5) is 0 Å². The van der Waals surface area contributed by atoms with Crippen molar-refractivity contribution in [3.8, 4) is 0 Å². The molecule has 4 rings (SSSR count). The molecule has 2 N–H and O–H groups in total. The maximum atomic E-state index is 5.13. The second kappa shape index (κ2) is 18.5. The minimum Gasteiger partial charge on any atom is -0.752 e. The molecular formula is C26H26CoN8S4+. The largest absolute Gasteiger partial charge is 3.00 e. The quantitative estimate of drug-likeness (QED) is 0.110. The summed E-state index contributed by atoms with van der Waals surface area (Å²) in [6.07, 6.45) is 3.16. The number of hydrogen-bond donors (Lipinski definition) is 2. The van der Waals surface area contributed by atoms with Crippen LogP contribution in [-0.2, 0) is 53.5 Å². The number of nitrogens with one attached hydrogen (secondary N) is 2. The van der Waals surface area contributed by atoms with Gasteiger partial charge in [-0.05, 0) is 45.9 Å². The number of aryl methyl sites for hydroxylation is 2. The summed E-state index contributed by atoms with van der Waals surface area (Å²) in [6.45, 7) is 3.86. The number of thioether (sulfide) groups is 2. The van der Waals surface area contributed by atoms with Gasteiger partial charge in [0.2, 0.25) is 0 Å². The van der Waals surface area contributed by atoms with Crippen LogP contribution in [0.1, 0.15) is 33.9 Å².